The number of phenolic OH excluding ortho intramolecular Hbond substituents is 1. The first-order valence-corrected chi connectivity index (χ1v) is 6.55. The molecule has 0 radical (unpaired) electrons. The van der Waals surface area contributed by atoms with Crippen LogP contribution in [0.3, 0.4) is 0 Å². The molecule has 0 atom stereocenters. The van der Waals surface area contributed by atoms with Crippen molar-refractivity contribution in [2.45, 2.75) is 0 Å². The molecule has 0 unspecified atom stereocenters. The van der Waals surface area contributed by atoms with Crippen molar-refractivity contribution in [2.75, 3.05) is 14.2 Å². The van der Waals surface area contributed by atoms with Crippen LogP contribution in [0.25, 0.3) is 22.2 Å². The second kappa shape index (κ2) is 5.32. The summed E-state index contributed by atoms with van der Waals surface area (Å²) in [6.07, 6.45) is 0. The molecule has 4 heteroatoms. The first-order chi connectivity index (χ1) is 10.3. The highest BCUT2D eigenvalue weighted by molar-refractivity contribution is 5.95. The van der Waals surface area contributed by atoms with Crippen LogP contribution in [-0.2, 0) is 0 Å². The molecule has 0 aliphatic carbocycles. The number of rotatable bonds is 3. The van der Waals surface area contributed by atoms with Crippen molar-refractivity contribution in [1.29, 1.82) is 0 Å². The Morgan fingerprint density at radius 3 is 2.24 bits per heavy atom. The van der Waals surface area contributed by atoms with Crippen molar-refractivity contribution in [2.24, 2.45) is 0 Å². The van der Waals surface area contributed by atoms with Crippen molar-refractivity contribution < 1.29 is 14.6 Å². The molecule has 0 fully saturated rings. The normalized spacial score (nSPS) is 10.6. The SMILES string of the molecule is COc1c(-c2ccccc2)nc2c(O)cccc2c1OC. The highest BCUT2D eigenvalue weighted by Gasteiger charge is 2.19. The number of aromatic hydroxyl groups is 1. The zero-order valence-electron chi connectivity index (χ0n) is 11.8. The summed E-state index contributed by atoms with van der Waals surface area (Å²) >= 11 is 0. The second-order valence-corrected chi connectivity index (χ2v) is 4.57. The number of hydrogen-bond donors (Lipinski definition) is 1. The summed E-state index contributed by atoms with van der Waals surface area (Å²) in [5.74, 6) is 1.24. The lowest BCUT2D eigenvalue weighted by Gasteiger charge is -2.15. The van der Waals surface area contributed by atoms with E-state index in [2.05, 4.69) is 4.98 Å². The van der Waals surface area contributed by atoms with E-state index >= 15 is 0 Å². The van der Waals surface area contributed by atoms with Crippen molar-refractivity contribution in [3.8, 4) is 28.5 Å². The standard InChI is InChI=1S/C17H15NO3/c1-20-16-12-9-6-10-13(19)15(12)18-14(17(16)21-2)11-7-4-3-5-8-11/h3-10,19H,1-2H3. The molecule has 1 aromatic heterocycles. The van der Waals surface area contributed by atoms with E-state index in [1.165, 1.54) is 0 Å². The van der Waals surface area contributed by atoms with Crippen LogP contribution in [0, 0.1) is 0 Å². The number of ether oxygens (including phenoxy) is 2. The summed E-state index contributed by atoms with van der Waals surface area (Å²) in [5.41, 5.74) is 2.04. The molecule has 21 heavy (non-hydrogen) atoms. The Balaban J connectivity index is 2.42. The topological polar surface area (TPSA) is 51.6 Å². The molecule has 1 heterocycles. The predicted octanol–water partition coefficient (Wildman–Crippen LogP) is 3.62. The maximum absolute atomic E-state index is 10.1. The molecular weight excluding hydrogens is 266 g/mol. The smallest absolute Gasteiger partial charge is 0.187 e. The van der Waals surface area contributed by atoms with E-state index in [4.69, 9.17) is 9.47 Å². The Kier molecular flexibility index (Phi) is 3.36. The third-order valence-electron chi connectivity index (χ3n) is 3.36. The summed E-state index contributed by atoms with van der Waals surface area (Å²) in [4.78, 5) is 4.57. The largest absolute Gasteiger partial charge is 0.506 e. The van der Waals surface area contributed by atoms with Crippen LogP contribution < -0.4 is 9.47 Å². The van der Waals surface area contributed by atoms with Gasteiger partial charge in [0.15, 0.2) is 11.5 Å². The van der Waals surface area contributed by atoms with Gasteiger partial charge in [0, 0.05) is 5.56 Å². The van der Waals surface area contributed by atoms with Gasteiger partial charge in [0.25, 0.3) is 0 Å². The van der Waals surface area contributed by atoms with Gasteiger partial charge in [-0.05, 0) is 12.1 Å². The zero-order chi connectivity index (χ0) is 14.8. The van der Waals surface area contributed by atoms with Gasteiger partial charge >= 0.3 is 0 Å². The number of fused-ring (bicyclic) bond motifs is 1. The molecular formula is C17H15NO3. The molecule has 0 saturated carbocycles. The van der Waals surface area contributed by atoms with Gasteiger partial charge < -0.3 is 14.6 Å². The van der Waals surface area contributed by atoms with Crippen LogP contribution in [0.2, 0.25) is 0 Å². The third-order valence-corrected chi connectivity index (χ3v) is 3.36. The highest BCUT2D eigenvalue weighted by Crippen LogP contribution is 2.43. The van der Waals surface area contributed by atoms with Gasteiger partial charge in [0.05, 0.1) is 19.6 Å². The molecule has 1 N–H and O–H groups in total. The number of phenols is 1. The molecule has 0 aliphatic rings. The van der Waals surface area contributed by atoms with E-state index in [0.29, 0.717) is 28.1 Å². The Hall–Kier alpha value is -2.75. The van der Waals surface area contributed by atoms with E-state index in [1.54, 1.807) is 26.4 Å². The summed E-state index contributed by atoms with van der Waals surface area (Å²) in [7, 11) is 3.16. The number of aromatic nitrogens is 1. The Bertz CT molecular complexity index is 785. The van der Waals surface area contributed by atoms with Crippen LogP contribution in [0.5, 0.6) is 17.2 Å². The molecule has 106 valence electrons. The zero-order valence-corrected chi connectivity index (χ0v) is 11.8. The summed E-state index contributed by atoms with van der Waals surface area (Å²) < 4.78 is 11.0. The fourth-order valence-electron chi connectivity index (χ4n) is 2.41. The number of methoxy groups -OCH3 is 2. The Morgan fingerprint density at radius 1 is 0.857 bits per heavy atom. The van der Waals surface area contributed by atoms with E-state index in [-0.39, 0.29) is 5.75 Å². The van der Waals surface area contributed by atoms with Crippen molar-refractivity contribution in [1.82, 2.24) is 4.98 Å². The fourth-order valence-corrected chi connectivity index (χ4v) is 2.41. The molecule has 0 bridgehead atoms. The molecule has 2 aromatic carbocycles. The molecule has 3 aromatic rings. The van der Waals surface area contributed by atoms with Crippen LogP contribution in [0.1, 0.15) is 0 Å². The predicted molar refractivity (Wildman–Crippen MR) is 81.9 cm³/mol. The number of para-hydroxylation sites is 1. The molecule has 0 spiro atoms. The number of hydrogen-bond acceptors (Lipinski definition) is 4. The Morgan fingerprint density at radius 2 is 1.57 bits per heavy atom. The maximum Gasteiger partial charge on any atom is 0.187 e. The van der Waals surface area contributed by atoms with Gasteiger partial charge in [-0.25, -0.2) is 4.98 Å². The second-order valence-electron chi connectivity index (χ2n) is 4.57. The first-order valence-electron chi connectivity index (χ1n) is 6.55. The van der Waals surface area contributed by atoms with E-state index in [9.17, 15) is 5.11 Å². The van der Waals surface area contributed by atoms with Gasteiger partial charge in [-0.3, -0.25) is 0 Å². The van der Waals surface area contributed by atoms with Crippen molar-refractivity contribution >= 4 is 10.9 Å². The maximum atomic E-state index is 10.1. The molecule has 0 aliphatic heterocycles. The lowest BCUT2D eigenvalue weighted by atomic mass is 10.1. The van der Waals surface area contributed by atoms with Gasteiger partial charge in [-0.15, -0.1) is 0 Å². The van der Waals surface area contributed by atoms with E-state index in [0.717, 1.165) is 5.56 Å². The molecule has 0 saturated heterocycles. The van der Waals surface area contributed by atoms with Crippen molar-refractivity contribution in [3.05, 3.63) is 48.5 Å². The molecule has 4 nitrogen and oxygen atoms in total. The van der Waals surface area contributed by atoms with Crippen LogP contribution in [0.15, 0.2) is 48.5 Å². The third kappa shape index (κ3) is 2.14. The summed E-state index contributed by atoms with van der Waals surface area (Å²) in [6, 6.07) is 14.9. The lowest BCUT2D eigenvalue weighted by molar-refractivity contribution is 0.358. The van der Waals surface area contributed by atoms with Crippen LogP contribution in [-0.4, -0.2) is 24.3 Å². The average molecular weight is 281 g/mol. The van der Waals surface area contributed by atoms with Crippen molar-refractivity contribution in [3.63, 3.8) is 0 Å². The van der Waals surface area contributed by atoms with Crippen LogP contribution in [0.4, 0.5) is 0 Å². The quantitative estimate of drug-likeness (QED) is 0.796. The molecule has 3 rings (SSSR count). The first kappa shape index (κ1) is 13.2. The fraction of sp³-hybridized carbons (Fsp3) is 0.118. The van der Waals surface area contributed by atoms with Gasteiger partial charge in [0.1, 0.15) is 17.0 Å². The van der Waals surface area contributed by atoms with E-state index < -0.39 is 0 Å². The molecule has 0 amide bonds. The van der Waals surface area contributed by atoms with Gasteiger partial charge in [-0.2, -0.15) is 0 Å². The van der Waals surface area contributed by atoms with Gasteiger partial charge in [-0.1, -0.05) is 36.4 Å². The average Bonchev–Trinajstić information content (AvgIpc) is 2.54. The van der Waals surface area contributed by atoms with E-state index in [1.807, 2.05) is 36.4 Å². The lowest BCUT2D eigenvalue weighted by Crippen LogP contribution is -1.98. The monoisotopic (exact) mass is 281 g/mol. The Labute approximate surface area is 122 Å². The number of pyridine rings is 1. The summed E-state index contributed by atoms with van der Waals surface area (Å²) in [5, 5.41) is 10.8. The number of nitrogens with zero attached hydrogens (tertiary/aromatic N) is 1. The minimum Gasteiger partial charge on any atom is -0.506 e. The number of benzene rings is 2. The van der Waals surface area contributed by atoms with Crippen LogP contribution >= 0.6 is 0 Å². The van der Waals surface area contributed by atoms with Gasteiger partial charge in [0.2, 0.25) is 0 Å². The minimum absolute atomic E-state index is 0.116. The summed E-state index contributed by atoms with van der Waals surface area (Å²) in [6.45, 7) is 0. The minimum atomic E-state index is 0.116. The highest BCUT2D eigenvalue weighted by atomic mass is 16.5.